The van der Waals surface area contributed by atoms with Crippen LogP contribution in [0.4, 0.5) is 13.2 Å². The van der Waals surface area contributed by atoms with Crippen LogP contribution in [0.3, 0.4) is 0 Å². The Morgan fingerprint density at radius 3 is 2.69 bits per heavy atom. The molecule has 1 atom stereocenters. The van der Waals surface area contributed by atoms with Crippen molar-refractivity contribution in [3.05, 3.63) is 82.7 Å². The Kier molecular flexibility index (Phi) is 7.50. The number of likely N-dealkylation sites (N-methyl/N-ethyl adjacent to an activating group) is 1. The Morgan fingerprint density at radius 1 is 1.13 bits per heavy atom. The smallest absolute Gasteiger partial charge is 0.326 e. The molecule has 4 heterocycles. The third kappa shape index (κ3) is 6.19. The topological polar surface area (TPSA) is 78.7 Å². The fraction of sp³-hybridized carbons (Fsp3) is 0.357. The first-order chi connectivity index (χ1) is 18.7. The zero-order valence-corrected chi connectivity index (χ0v) is 21.7. The van der Waals surface area contributed by atoms with Gasteiger partial charge in [-0.15, -0.1) is 10.2 Å². The zero-order valence-electron chi connectivity index (χ0n) is 21.7. The van der Waals surface area contributed by atoms with Gasteiger partial charge in [-0.05, 0) is 49.7 Å². The van der Waals surface area contributed by atoms with Crippen molar-refractivity contribution in [3.63, 3.8) is 0 Å². The Labute approximate surface area is 224 Å². The highest BCUT2D eigenvalue weighted by molar-refractivity contribution is 5.95. The number of nitrogens with one attached hydrogen (secondary N) is 1. The minimum atomic E-state index is -4.41. The third-order valence-electron chi connectivity index (χ3n) is 7.01. The fourth-order valence-electron chi connectivity index (χ4n) is 4.64. The van der Waals surface area contributed by atoms with Crippen LogP contribution in [-0.2, 0) is 0 Å². The number of hydrogen-bond donors (Lipinski definition) is 1. The largest absolute Gasteiger partial charge is 0.395 e. The molecule has 1 fully saturated rings. The van der Waals surface area contributed by atoms with Gasteiger partial charge < -0.3 is 10.2 Å². The minimum absolute atomic E-state index is 0.202. The van der Waals surface area contributed by atoms with Gasteiger partial charge in [-0.1, -0.05) is 18.1 Å². The quantitative estimate of drug-likeness (QED) is 0.517. The number of carbonyl (C=O) groups is 1. The second-order valence-corrected chi connectivity index (χ2v) is 9.82. The molecule has 1 saturated heterocycles. The molecule has 1 amide bonds. The summed E-state index contributed by atoms with van der Waals surface area (Å²) in [6, 6.07) is 7.07. The van der Waals surface area contributed by atoms with Crippen LogP contribution in [0.15, 0.2) is 60.1 Å². The number of alkyl halides is 3. The molecule has 0 saturated carbocycles. The molecule has 0 bridgehead atoms. The first-order valence-electron chi connectivity index (χ1n) is 12.6. The van der Waals surface area contributed by atoms with E-state index >= 15 is 0 Å². The van der Waals surface area contributed by atoms with Crippen molar-refractivity contribution in [3.8, 4) is 11.8 Å². The Balaban J connectivity index is 1.32. The van der Waals surface area contributed by atoms with E-state index in [0.717, 1.165) is 26.2 Å². The predicted octanol–water partition coefficient (Wildman–Crippen LogP) is 3.20. The van der Waals surface area contributed by atoms with E-state index < -0.39 is 18.0 Å². The summed E-state index contributed by atoms with van der Waals surface area (Å²) < 4.78 is 43.7. The standard InChI is InChI=1S/C28H28F3N7O/c1-19-20(7-9-26-35-34-25-5-3-4-10-38(25)26)15-22(17-32-19)27(39)33-23-8-6-21(24(16-23)28(29,30)31)18-37-13-11-36(2)12-14-37/h3-6,8,10,15,17,24H,11-14,16,18H2,1-2H3,(H,33,39). The normalized spacial score (nSPS) is 18.7. The number of allylic oxidation sites excluding steroid dienone is 3. The molecule has 1 aliphatic heterocycles. The van der Waals surface area contributed by atoms with Crippen LogP contribution in [0.2, 0.25) is 0 Å². The minimum Gasteiger partial charge on any atom is -0.326 e. The molecule has 1 aliphatic carbocycles. The molecule has 39 heavy (non-hydrogen) atoms. The lowest BCUT2D eigenvalue weighted by Crippen LogP contribution is -2.46. The summed E-state index contributed by atoms with van der Waals surface area (Å²) in [4.78, 5) is 21.5. The average molecular weight is 536 g/mol. The lowest BCUT2D eigenvalue weighted by atomic mass is 9.88. The number of halogens is 3. The van der Waals surface area contributed by atoms with Gasteiger partial charge in [-0.3, -0.25) is 19.1 Å². The van der Waals surface area contributed by atoms with E-state index in [0.29, 0.717) is 28.3 Å². The molecule has 202 valence electrons. The first-order valence-corrected chi connectivity index (χ1v) is 12.6. The highest BCUT2D eigenvalue weighted by atomic mass is 19.4. The first kappa shape index (κ1) is 26.6. The van der Waals surface area contributed by atoms with Crippen molar-refractivity contribution >= 4 is 11.6 Å². The number of carbonyl (C=O) groups excluding carboxylic acids is 1. The molecule has 5 rings (SSSR count). The van der Waals surface area contributed by atoms with E-state index in [2.05, 4.69) is 37.2 Å². The van der Waals surface area contributed by atoms with Crippen LogP contribution in [0.1, 0.15) is 33.9 Å². The summed E-state index contributed by atoms with van der Waals surface area (Å²) in [5.41, 5.74) is 2.51. The van der Waals surface area contributed by atoms with Crippen molar-refractivity contribution < 1.29 is 18.0 Å². The number of hydrogen-bond acceptors (Lipinski definition) is 6. The third-order valence-corrected chi connectivity index (χ3v) is 7.01. The maximum Gasteiger partial charge on any atom is 0.395 e. The molecule has 2 aliphatic rings. The number of pyridine rings is 2. The summed E-state index contributed by atoms with van der Waals surface area (Å²) in [5.74, 6) is 4.19. The van der Waals surface area contributed by atoms with Gasteiger partial charge in [0.25, 0.3) is 5.91 Å². The molecule has 0 spiro atoms. The van der Waals surface area contributed by atoms with E-state index in [1.54, 1.807) is 29.7 Å². The maximum absolute atomic E-state index is 14.0. The van der Waals surface area contributed by atoms with Gasteiger partial charge in [0.2, 0.25) is 5.82 Å². The van der Waals surface area contributed by atoms with Crippen molar-refractivity contribution in [2.45, 2.75) is 19.5 Å². The van der Waals surface area contributed by atoms with Gasteiger partial charge in [-0.25, -0.2) is 0 Å². The molecule has 3 aromatic rings. The number of nitrogens with zero attached hydrogens (tertiary/aromatic N) is 6. The highest BCUT2D eigenvalue weighted by Gasteiger charge is 2.43. The van der Waals surface area contributed by atoms with Gasteiger partial charge in [0.15, 0.2) is 5.65 Å². The highest BCUT2D eigenvalue weighted by Crippen LogP contribution is 2.38. The van der Waals surface area contributed by atoms with Crippen LogP contribution in [0.25, 0.3) is 5.65 Å². The van der Waals surface area contributed by atoms with Gasteiger partial charge in [0.05, 0.1) is 17.2 Å². The summed E-state index contributed by atoms with van der Waals surface area (Å²) >= 11 is 0. The maximum atomic E-state index is 14.0. The molecule has 1 unspecified atom stereocenters. The molecule has 3 aromatic heterocycles. The fourth-order valence-corrected chi connectivity index (χ4v) is 4.64. The lowest BCUT2D eigenvalue weighted by molar-refractivity contribution is -0.165. The van der Waals surface area contributed by atoms with Crippen molar-refractivity contribution in [2.75, 3.05) is 39.8 Å². The molecule has 0 aromatic carbocycles. The number of piperazine rings is 1. The summed E-state index contributed by atoms with van der Waals surface area (Å²) in [7, 11) is 2.01. The van der Waals surface area contributed by atoms with E-state index in [9.17, 15) is 18.0 Å². The number of fused-ring (bicyclic) bond motifs is 1. The molecule has 8 nitrogen and oxygen atoms in total. The van der Waals surface area contributed by atoms with Crippen molar-refractivity contribution in [1.29, 1.82) is 0 Å². The molecule has 0 radical (unpaired) electrons. The van der Waals surface area contributed by atoms with Crippen LogP contribution in [-0.4, -0.2) is 81.2 Å². The van der Waals surface area contributed by atoms with Crippen LogP contribution >= 0.6 is 0 Å². The molecular weight excluding hydrogens is 507 g/mol. The molecule has 11 heteroatoms. The Hall–Kier alpha value is -4.01. The predicted molar refractivity (Wildman–Crippen MR) is 140 cm³/mol. The summed E-state index contributed by atoms with van der Waals surface area (Å²) in [6.45, 7) is 5.13. The van der Waals surface area contributed by atoms with Gasteiger partial charge in [0, 0.05) is 62.8 Å². The second-order valence-electron chi connectivity index (χ2n) is 9.82. The molecular formula is C28H28F3N7O. The van der Waals surface area contributed by atoms with E-state index in [1.807, 2.05) is 30.1 Å². The number of aromatic nitrogens is 4. The monoisotopic (exact) mass is 535 g/mol. The lowest BCUT2D eigenvalue weighted by Gasteiger charge is -2.35. The van der Waals surface area contributed by atoms with Gasteiger partial charge >= 0.3 is 6.18 Å². The van der Waals surface area contributed by atoms with Crippen LogP contribution in [0, 0.1) is 24.7 Å². The average Bonchev–Trinajstić information content (AvgIpc) is 3.33. The Morgan fingerprint density at radius 2 is 1.92 bits per heavy atom. The second kappa shape index (κ2) is 11.0. The van der Waals surface area contributed by atoms with Crippen molar-refractivity contribution in [2.24, 2.45) is 5.92 Å². The number of rotatable bonds is 4. The SMILES string of the molecule is Cc1ncc(C(=O)NC2=CC=C(CN3CCN(C)CC3)C(C(F)(F)F)C2)cc1C#Cc1nnc2ccccn12. The van der Waals surface area contributed by atoms with Crippen LogP contribution < -0.4 is 5.32 Å². The molecule has 1 N–H and O–H groups in total. The van der Waals surface area contributed by atoms with E-state index in [1.165, 1.54) is 12.3 Å². The van der Waals surface area contributed by atoms with Gasteiger partial charge in [0.1, 0.15) is 0 Å². The summed E-state index contributed by atoms with van der Waals surface area (Å²) in [6.07, 6.45) is 1.53. The van der Waals surface area contributed by atoms with Crippen LogP contribution in [0.5, 0.6) is 0 Å². The van der Waals surface area contributed by atoms with E-state index in [-0.39, 0.29) is 24.2 Å². The Bertz CT molecular complexity index is 1500. The zero-order chi connectivity index (χ0) is 27.6. The summed E-state index contributed by atoms with van der Waals surface area (Å²) in [5, 5.41) is 10.8. The van der Waals surface area contributed by atoms with Crippen molar-refractivity contribution in [1.82, 2.24) is 34.7 Å². The number of amides is 1. The number of aryl methyl sites for hydroxylation is 1. The van der Waals surface area contributed by atoms with Gasteiger partial charge in [-0.2, -0.15) is 13.2 Å². The van der Waals surface area contributed by atoms with E-state index in [4.69, 9.17) is 0 Å².